The van der Waals surface area contributed by atoms with Gasteiger partial charge in [-0.15, -0.1) is 5.10 Å². The molecule has 1 aromatic heterocycles. The van der Waals surface area contributed by atoms with Crippen molar-refractivity contribution in [2.24, 2.45) is 0 Å². The summed E-state index contributed by atoms with van der Waals surface area (Å²) < 4.78 is 4.81. The molecule has 0 saturated heterocycles. The normalized spacial score (nSPS) is 10.1. The molecule has 1 aromatic carbocycles. The summed E-state index contributed by atoms with van der Waals surface area (Å²) in [6.07, 6.45) is 0. The fourth-order valence-electron chi connectivity index (χ4n) is 1.19. The second-order valence-electron chi connectivity index (χ2n) is 3.15. The van der Waals surface area contributed by atoms with E-state index in [0.29, 0.717) is 10.6 Å². The molecule has 82 valence electrons. The summed E-state index contributed by atoms with van der Waals surface area (Å²) in [7, 11) is 0. The Morgan fingerprint density at radius 1 is 1.50 bits per heavy atom. The average molecular weight is 345 g/mol. The predicted molar refractivity (Wildman–Crippen MR) is 71.8 cm³/mol. The fraction of sp³-hybridized carbons (Fsp3) is 0.100. The van der Waals surface area contributed by atoms with E-state index in [4.69, 9.17) is 0 Å². The van der Waals surface area contributed by atoms with Crippen LogP contribution in [0.5, 0.6) is 0 Å². The van der Waals surface area contributed by atoms with Gasteiger partial charge in [-0.3, -0.25) is 4.79 Å². The minimum absolute atomic E-state index is 0.158. The monoisotopic (exact) mass is 345 g/mol. The first-order valence-electron chi connectivity index (χ1n) is 4.52. The molecule has 2 rings (SSSR count). The van der Waals surface area contributed by atoms with Crippen LogP contribution in [-0.2, 0) is 0 Å². The van der Waals surface area contributed by atoms with Crippen molar-refractivity contribution in [1.29, 1.82) is 0 Å². The van der Waals surface area contributed by atoms with Gasteiger partial charge in [0.25, 0.3) is 5.91 Å². The molecule has 0 atom stereocenters. The number of hydrogen-bond acceptors (Lipinski definition) is 4. The number of hydrogen-bond donors (Lipinski definition) is 1. The third kappa shape index (κ3) is 2.56. The maximum atomic E-state index is 11.8. The van der Waals surface area contributed by atoms with Crippen molar-refractivity contribution in [3.05, 3.63) is 38.4 Å². The Balaban J connectivity index is 2.17. The fourth-order valence-corrected chi connectivity index (χ4v) is 2.29. The molecule has 2 aromatic rings. The predicted octanol–water partition coefficient (Wildman–Crippen LogP) is 2.70. The summed E-state index contributed by atoms with van der Waals surface area (Å²) in [5.41, 5.74) is 1.44. The van der Waals surface area contributed by atoms with Crippen LogP contribution in [0, 0.1) is 10.5 Å². The van der Waals surface area contributed by atoms with E-state index < -0.39 is 0 Å². The molecular formula is C10H8IN3OS. The summed E-state index contributed by atoms with van der Waals surface area (Å²) in [5, 5.41) is 6.62. The van der Waals surface area contributed by atoms with Gasteiger partial charge in [-0.2, -0.15) is 0 Å². The summed E-state index contributed by atoms with van der Waals surface area (Å²) >= 11 is 3.31. The molecule has 1 amide bonds. The van der Waals surface area contributed by atoms with E-state index in [-0.39, 0.29) is 5.91 Å². The highest BCUT2D eigenvalue weighted by molar-refractivity contribution is 14.1. The van der Waals surface area contributed by atoms with Crippen molar-refractivity contribution >= 4 is 45.7 Å². The van der Waals surface area contributed by atoms with E-state index in [1.54, 1.807) is 6.92 Å². The van der Waals surface area contributed by atoms with Gasteiger partial charge in [0.2, 0.25) is 0 Å². The van der Waals surface area contributed by atoms with Crippen LogP contribution in [0.1, 0.15) is 15.4 Å². The number of aryl methyl sites for hydroxylation is 1. The largest absolute Gasteiger partial charge is 0.321 e. The molecule has 0 unspecified atom stereocenters. The van der Waals surface area contributed by atoms with E-state index in [0.717, 1.165) is 20.8 Å². The lowest BCUT2D eigenvalue weighted by molar-refractivity contribution is 0.103. The van der Waals surface area contributed by atoms with Gasteiger partial charge in [-0.05, 0) is 59.2 Å². The van der Waals surface area contributed by atoms with E-state index >= 15 is 0 Å². The number of carbonyl (C=O) groups excluding carboxylic acids is 1. The van der Waals surface area contributed by atoms with Gasteiger partial charge >= 0.3 is 0 Å². The van der Waals surface area contributed by atoms with Gasteiger partial charge < -0.3 is 5.32 Å². The molecule has 0 aliphatic heterocycles. The Morgan fingerprint density at radius 2 is 2.31 bits per heavy atom. The number of nitrogens with zero attached hydrogens (tertiary/aromatic N) is 2. The Bertz CT molecular complexity index is 526. The molecule has 1 heterocycles. The van der Waals surface area contributed by atoms with Gasteiger partial charge in [-0.1, -0.05) is 10.6 Å². The third-order valence-electron chi connectivity index (χ3n) is 1.94. The molecule has 0 fully saturated rings. The van der Waals surface area contributed by atoms with E-state index in [9.17, 15) is 4.79 Å². The van der Waals surface area contributed by atoms with Crippen LogP contribution >= 0.6 is 34.1 Å². The Labute approximate surface area is 110 Å². The number of aromatic nitrogens is 2. The maximum Gasteiger partial charge on any atom is 0.269 e. The zero-order valence-electron chi connectivity index (χ0n) is 8.40. The molecule has 1 N–H and O–H groups in total. The highest BCUT2D eigenvalue weighted by Crippen LogP contribution is 2.15. The highest BCUT2D eigenvalue weighted by Gasteiger charge is 2.12. The quantitative estimate of drug-likeness (QED) is 0.852. The molecule has 6 heteroatoms. The smallest absolute Gasteiger partial charge is 0.269 e. The van der Waals surface area contributed by atoms with Crippen molar-refractivity contribution in [2.75, 3.05) is 5.32 Å². The van der Waals surface area contributed by atoms with Crippen LogP contribution < -0.4 is 5.32 Å². The second kappa shape index (κ2) is 4.88. The van der Waals surface area contributed by atoms with E-state index in [1.165, 1.54) is 0 Å². The van der Waals surface area contributed by atoms with E-state index in [2.05, 4.69) is 37.5 Å². The number of nitrogens with one attached hydrogen (secondary N) is 1. The number of benzene rings is 1. The number of halogens is 1. The molecule has 4 nitrogen and oxygen atoms in total. The molecule has 16 heavy (non-hydrogen) atoms. The summed E-state index contributed by atoms with van der Waals surface area (Å²) in [4.78, 5) is 12.4. The van der Waals surface area contributed by atoms with Crippen LogP contribution in [0.4, 0.5) is 5.69 Å². The first-order chi connectivity index (χ1) is 7.66. The van der Waals surface area contributed by atoms with E-state index in [1.807, 2.05) is 24.3 Å². The van der Waals surface area contributed by atoms with Gasteiger partial charge in [0.15, 0.2) is 0 Å². The number of anilines is 1. The maximum absolute atomic E-state index is 11.8. The van der Waals surface area contributed by atoms with Gasteiger partial charge in [0.1, 0.15) is 4.88 Å². The second-order valence-corrected chi connectivity index (χ2v) is 5.15. The number of amides is 1. The summed E-state index contributed by atoms with van der Waals surface area (Å²) in [5.74, 6) is -0.158. The van der Waals surface area contributed by atoms with Crippen LogP contribution in [0.15, 0.2) is 24.3 Å². The molecular weight excluding hydrogens is 337 g/mol. The first kappa shape index (κ1) is 11.5. The van der Waals surface area contributed by atoms with Crippen LogP contribution in [0.2, 0.25) is 0 Å². The molecule has 0 bridgehead atoms. The van der Waals surface area contributed by atoms with Crippen LogP contribution in [-0.4, -0.2) is 15.5 Å². The Hall–Kier alpha value is -1.02. The lowest BCUT2D eigenvalue weighted by Gasteiger charge is -2.03. The van der Waals surface area contributed by atoms with Gasteiger partial charge in [0, 0.05) is 9.26 Å². The molecule has 0 spiro atoms. The molecule has 0 aliphatic carbocycles. The highest BCUT2D eigenvalue weighted by atomic mass is 127. The van der Waals surface area contributed by atoms with Crippen LogP contribution in [0.3, 0.4) is 0 Å². The summed E-state index contributed by atoms with van der Waals surface area (Å²) in [6.45, 7) is 1.77. The van der Waals surface area contributed by atoms with Crippen molar-refractivity contribution < 1.29 is 4.79 Å². The van der Waals surface area contributed by atoms with Crippen molar-refractivity contribution in [3.63, 3.8) is 0 Å². The first-order valence-corrected chi connectivity index (χ1v) is 6.38. The number of rotatable bonds is 2. The Morgan fingerprint density at radius 3 is 2.94 bits per heavy atom. The summed E-state index contributed by atoms with van der Waals surface area (Å²) in [6, 6.07) is 7.62. The van der Waals surface area contributed by atoms with Crippen molar-refractivity contribution in [3.8, 4) is 0 Å². The topological polar surface area (TPSA) is 54.9 Å². The molecule has 0 aliphatic rings. The van der Waals surface area contributed by atoms with Gasteiger partial charge in [-0.25, -0.2) is 0 Å². The third-order valence-corrected chi connectivity index (χ3v) is 3.44. The SMILES string of the molecule is Cc1nnsc1C(=O)Nc1cccc(I)c1. The minimum Gasteiger partial charge on any atom is -0.321 e. The zero-order valence-corrected chi connectivity index (χ0v) is 11.4. The van der Waals surface area contributed by atoms with Crippen molar-refractivity contribution in [2.45, 2.75) is 6.92 Å². The lowest BCUT2D eigenvalue weighted by Crippen LogP contribution is -2.11. The van der Waals surface area contributed by atoms with Crippen LogP contribution in [0.25, 0.3) is 0 Å². The Kier molecular flexibility index (Phi) is 3.49. The minimum atomic E-state index is -0.158. The molecule has 0 radical (unpaired) electrons. The molecule has 0 saturated carbocycles. The number of carbonyl (C=O) groups is 1. The van der Waals surface area contributed by atoms with Crippen molar-refractivity contribution in [1.82, 2.24) is 9.59 Å². The zero-order chi connectivity index (χ0) is 11.5. The van der Waals surface area contributed by atoms with Gasteiger partial charge in [0.05, 0.1) is 5.69 Å². The lowest BCUT2D eigenvalue weighted by atomic mass is 10.3. The standard InChI is InChI=1S/C10H8IN3OS/c1-6-9(16-14-13-6)10(15)12-8-4-2-3-7(11)5-8/h2-5H,1H3,(H,12,15). The average Bonchev–Trinajstić information content (AvgIpc) is 2.64.